The zero-order valence-corrected chi connectivity index (χ0v) is 26.0. The maximum Gasteiger partial charge on any atom is 0.340 e. The number of rotatable bonds is 8. The minimum atomic E-state index is -3.97. The molecular formula is C34H32F2N2O6S. The summed E-state index contributed by atoms with van der Waals surface area (Å²) in [4.78, 5) is 27.1. The Hall–Kier alpha value is -5.03. The third-order valence-electron chi connectivity index (χ3n) is 6.78. The predicted octanol–water partition coefficient (Wildman–Crippen LogP) is 7.32. The number of esters is 2. The minimum Gasteiger partial charge on any atom is -0.462 e. The largest absolute Gasteiger partial charge is 0.462 e. The second kappa shape index (κ2) is 14.2. The Kier molecular flexibility index (Phi) is 10.4. The molecule has 0 aliphatic heterocycles. The lowest BCUT2D eigenvalue weighted by molar-refractivity contribution is 0.0516. The molecular weight excluding hydrogens is 602 g/mol. The van der Waals surface area contributed by atoms with E-state index in [0.717, 1.165) is 20.9 Å². The number of benzene rings is 3. The van der Waals surface area contributed by atoms with Gasteiger partial charge in [0.1, 0.15) is 11.6 Å². The standard InChI is InChI=1S/C20H18FNO4S.C14H14FNO2/c1-3-26-20(23)18-13-19(15-9-11-16(21)12-10-15)22(14(18)2)27(24,25)17-7-5-4-6-8-17;1-3-18-14(17)12-8-13(16-9(12)2)10-4-6-11(15)7-5-10/h4-13H,3H2,1-2H3;4-8,16H,3H2,1-2H3. The van der Waals surface area contributed by atoms with E-state index < -0.39 is 21.8 Å². The molecule has 0 aliphatic rings. The number of aryl methyl sites for hydroxylation is 1. The van der Waals surface area contributed by atoms with Crippen molar-refractivity contribution in [1.82, 2.24) is 8.96 Å². The second-order valence-corrected chi connectivity index (χ2v) is 11.6. The van der Waals surface area contributed by atoms with E-state index in [1.807, 2.05) is 0 Å². The van der Waals surface area contributed by atoms with Crippen LogP contribution < -0.4 is 0 Å². The highest BCUT2D eigenvalue weighted by molar-refractivity contribution is 7.90. The van der Waals surface area contributed by atoms with Gasteiger partial charge in [0.05, 0.1) is 34.9 Å². The normalized spacial score (nSPS) is 11.0. The average molecular weight is 635 g/mol. The van der Waals surface area contributed by atoms with Gasteiger partial charge in [0.15, 0.2) is 0 Å². The van der Waals surface area contributed by atoms with Crippen LogP contribution in [0.2, 0.25) is 0 Å². The Morgan fingerprint density at radius 1 is 0.733 bits per heavy atom. The molecule has 0 saturated heterocycles. The predicted molar refractivity (Wildman–Crippen MR) is 166 cm³/mol. The fraction of sp³-hybridized carbons (Fsp3) is 0.176. The molecule has 234 valence electrons. The first-order valence-electron chi connectivity index (χ1n) is 14.1. The van der Waals surface area contributed by atoms with E-state index in [4.69, 9.17) is 9.47 Å². The number of hydrogen-bond acceptors (Lipinski definition) is 6. The Labute approximate surface area is 260 Å². The lowest BCUT2D eigenvalue weighted by Gasteiger charge is -2.13. The van der Waals surface area contributed by atoms with E-state index in [9.17, 15) is 26.8 Å². The number of ether oxygens (including phenoxy) is 2. The van der Waals surface area contributed by atoms with Crippen molar-refractivity contribution < 1.29 is 36.3 Å². The number of halogens is 2. The molecule has 1 N–H and O–H groups in total. The number of nitrogens with one attached hydrogen (secondary N) is 1. The van der Waals surface area contributed by atoms with Gasteiger partial charge >= 0.3 is 11.9 Å². The molecule has 0 aliphatic carbocycles. The molecule has 2 heterocycles. The van der Waals surface area contributed by atoms with E-state index in [1.165, 1.54) is 54.6 Å². The second-order valence-electron chi connectivity index (χ2n) is 9.79. The van der Waals surface area contributed by atoms with Crippen LogP contribution in [-0.4, -0.2) is 42.5 Å². The van der Waals surface area contributed by atoms with Crippen molar-refractivity contribution in [3.8, 4) is 22.5 Å². The summed E-state index contributed by atoms with van der Waals surface area (Å²) in [5.41, 5.74) is 3.97. The summed E-state index contributed by atoms with van der Waals surface area (Å²) < 4.78 is 63.7. The molecule has 0 fully saturated rings. The van der Waals surface area contributed by atoms with Gasteiger partial charge in [-0.05, 0) is 112 Å². The van der Waals surface area contributed by atoms with Crippen molar-refractivity contribution in [3.05, 3.63) is 125 Å². The number of aromatic nitrogens is 2. The highest BCUT2D eigenvalue weighted by Gasteiger charge is 2.28. The molecule has 0 bridgehead atoms. The molecule has 0 atom stereocenters. The molecule has 0 amide bonds. The van der Waals surface area contributed by atoms with Crippen molar-refractivity contribution in [2.75, 3.05) is 13.2 Å². The first-order chi connectivity index (χ1) is 21.5. The molecule has 5 aromatic rings. The number of carbonyl (C=O) groups is 2. The quantitative estimate of drug-likeness (QED) is 0.179. The molecule has 2 aromatic heterocycles. The Morgan fingerprint density at radius 2 is 1.24 bits per heavy atom. The van der Waals surface area contributed by atoms with Gasteiger partial charge in [-0.1, -0.05) is 18.2 Å². The summed E-state index contributed by atoms with van der Waals surface area (Å²) in [7, 11) is -3.97. The zero-order valence-electron chi connectivity index (χ0n) is 25.1. The number of hydrogen-bond donors (Lipinski definition) is 1. The summed E-state index contributed by atoms with van der Waals surface area (Å²) in [5.74, 6) is -1.68. The smallest absolute Gasteiger partial charge is 0.340 e. The van der Waals surface area contributed by atoms with Gasteiger partial charge in [0, 0.05) is 17.1 Å². The van der Waals surface area contributed by atoms with Crippen LogP contribution in [0.3, 0.4) is 0 Å². The summed E-state index contributed by atoms with van der Waals surface area (Å²) in [6, 6.07) is 22.6. The SMILES string of the molecule is CCOC(=O)c1cc(-c2ccc(F)cc2)[nH]c1C.CCOC(=O)c1cc(-c2ccc(F)cc2)n(S(=O)(=O)c2ccccc2)c1C. The molecule has 11 heteroatoms. The molecule has 3 aromatic carbocycles. The van der Waals surface area contributed by atoms with E-state index >= 15 is 0 Å². The lowest BCUT2D eigenvalue weighted by Crippen LogP contribution is -2.16. The third kappa shape index (κ3) is 7.38. The molecule has 0 saturated carbocycles. The summed E-state index contributed by atoms with van der Waals surface area (Å²) in [6.07, 6.45) is 0. The highest BCUT2D eigenvalue weighted by atomic mass is 32.2. The molecule has 0 spiro atoms. The van der Waals surface area contributed by atoms with E-state index in [-0.39, 0.29) is 40.2 Å². The number of aromatic amines is 1. The number of carbonyl (C=O) groups excluding carboxylic acids is 2. The molecule has 5 rings (SSSR count). The maximum atomic E-state index is 13.3. The first kappa shape index (κ1) is 32.9. The van der Waals surface area contributed by atoms with Crippen LogP contribution in [0.5, 0.6) is 0 Å². The molecule has 0 radical (unpaired) electrons. The van der Waals surface area contributed by atoms with Crippen molar-refractivity contribution in [2.24, 2.45) is 0 Å². The molecule has 0 unspecified atom stereocenters. The van der Waals surface area contributed by atoms with Crippen LogP contribution >= 0.6 is 0 Å². The topological polar surface area (TPSA) is 107 Å². The summed E-state index contributed by atoms with van der Waals surface area (Å²) in [6.45, 7) is 7.29. The van der Waals surface area contributed by atoms with E-state index in [2.05, 4.69) is 4.98 Å². The van der Waals surface area contributed by atoms with Crippen LogP contribution in [0, 0.1) is 25.5 Å². The van der Waals surface area contributed by atoms with Crippen molar-refractivity contribution in [2.45, 2.75) is 32.6 Å². The lowest BCUT2D eigenvalue weighted by atomic mass is 10.1. The van der Waals surface area contributed by atoms with Crippen LogP contribution in [-0.2, 0) is 19.5 Å². The third-order valence-corrected chi connectivity index (χ3v) is 8.60. The van der Waals surface area contributed by atoms with Gasteiger partial charge in [-0.25, -0.2) is 30.8 Å². The van der Waals surface area contributed by atoms with Crippen LogP contribution in [0.15, 0.2) is 95.9 Å². The van der Waals surface area contributed by atoms with Gasteiger partial charge in [-0.2, -0.15) is 0 Å². The summed E-state index contributed by atoms with van der Waals surface area (Å²) >= 11 is 0. The van der Waals surface area contributed by atoms with Crippen molar-refractivity contribution in [1.29, 1.82) is 0 Å². The monoisotopic (exact) mass is 634 g/mol. The van der Waals surface area contributed by atoms with Crippen LogP contribution in [0.1, 0.15) is 46.0 Å². The molecule has 8 nitrogen and oxygen atoms in total. The van der Waals surface area contributed by atoms with Gasteiger partial charge in [0.25, 0.3) is 10.0 Å². The Morgan fingerprint density at radius 3 is 1.78 bits per heavy atom. The average Bonchev–Trinajstić information content (AvgIpc) is 3.59. The Balaban J connectivity index is 0.000000222. The van der Waals surface area contributed by atoms with Gasteiger partial charge in [-0.3, -0.25) is 0 Å². The number of H-pyrrole nitrogens is 1. The minimum absolute atomic E-state index is 0.0856. The van der Waals surface area contributed by atoms with Crippen molar-refractivity contribution in [3.63, 3.8) is 0 Å². The van der Waals surface area contributed by atoms with Crippen LogP contribution in [0.25, 0.3) is 22.5 Å². The fourth-order valence-corrected chi connectivity index (χ4v) is 6.19. The molecule has 45 heavy (non-hydrogen) atoms. The highest BCUT2D eigenvalue weighted by Crippen LogP contribution is 2.31. The maximum absolute atomic E-state index is 13.3. The number of nitrogens with zero attached hydrogens (tertiary/aromatic N) is 1. The first-order valence-corrected chi connectivity index (χ1v) is 15.5. The fourth-order valence-electron chi connectivity index (χ4n) is 4.60. The van der Waals surface area contributed by atoms with Gasteiger partial charge in [0.2, 0.25) is 0 Å². The van der Waals surface area contributed by atoms with Gasteiger partial charge < -0.3 is 14.5 Å². The van der Waals surface area contributed by atoms with Gasteiger partial charge in [-0.15, -0.1) is 0 Å². The van der Waals surface area contributed by atoms with Crippen LogP contribution in [0.4, 0.5) is 8.78 Å². The van der Waals surface area contributed by atoms with E-state index in [1.54, 1.807) is 64.1 Å². The van der Waals surface area contributed by atoms with E-state index in [0.29, 0.717) is 17.7 Å². The Bertz CT molecular complexity index is 1900. The summed E-state index contributed by atoms with van der Waals surface area (Å²) in [5, 5.41) is 0. The van der Waals surface area contributed by atoms with Crippen molar-refractivity contribution >= 4 is 22.0 Å². The zero-order chi connectivity index (χ0) is 32.7.